The molecule has 0 radical (unpaired) electrons. The predicted octanol–water partition coefficient (Wildman–Crippen LogP) is 0.361. The van der Waals surface area contributed by atoms with Gasteiger partial charge in [0.15, 0.2) is 0 Å². The minimum Gasteiger partial charge on any atom is -0.497 e. The number of likely N-dealkylation sites (N-methyl/N-ethyl adjacent to an activating group) is 2. The molecule has 6 heterocycles. The van der Waals surface area contributed by atoms with Crippen molar-refractivity contribution in [1.29, 1.82) is 0 Å². The third kappa shape index (κ3) is 13.3. The van der Waals surface area contributed by atoms with E-state index >= 15 is 0 Å². The first-order valence-corrected chi connectivity index (χ1v) is 26.9. The van der Waals surface area contributed by atoms with Gasteiger partial charge in [-0.05, 0) is 61.5 Å². The van der Waals surface area contributed by atoms with Gasteiger partial charge in [0.1, 0.15) is 29.6 Å². The van der Waals surface area contributed by atoms with Crippen molar-refractivity contribution in [3.8, 4) is 11.5 Å². The van der Waals surface area contributed by atoms with Crippen LogP contribution in [-0.4, -0.2) is 218 Å². The van der Waals surface area contributed by atoms with Crippen LogP contribution in [-0.2, 0) is 25.6 Å². The maximum absolute atomic E-state index is 14.5. The molecule has 0 spiro atoms. The molecule has 2 aromatic rings. The second-order valence-corrected chi connectivity index (χ2v) is 21.5. The summed E-state index contributed by atoms with van der Waals surface area (Å²) >= 11 is 2.97. The summed E-state index contributed by atoms with van der Waals surface area (Å²) in [6.07, 6.45) is 0.775. The number of carbonyl (C=O) groups excluding carboxylic acids is 6. The first-order chi connectivity index (χ1) is 34.2. The molecule has 8 rings (SSSR count). The molecule has 7 N–H and O–H groups in total. The molecule has 5 fully saturated rings. The van der Waals surface area contributed by atoms with Crippen LogP contribution < -0.4 is 46.7 Å². The molecule has 0 bridgehead atoms. The Bertz CT molecular complexity index is 2210. The normalized spacial score (nSPS) is 27.2. The Morgan fingerprint density at radius 1 is 0.887 bits per heavy atom. The number of fused-ring (bicyclic) bond motifs is 1. The van der Waals surface area contributed by atoms with Crippen molar-refractivity contribution in [3.05, 3.63) is 53.6 Å². The van der Waals surface area contributed by atoms with Gasteiger partial charge in [-0.2, -0.15) is 0 Å². The number of hydrogen-bond acceptors (Lipinski definition) is 15. The van der Waals surface area contributed by atoms with Crippen molar-refractivity contribution in [2.24, 2.45) is 5.92 Å². The Labute approximate surface area is 424 Å². The van der Waals surface area contributed by atoms with Gasteiger partial charge in [0.2, 0.25) is 23.6 Å². The van der Waals surface area contributed by atoms with E-state index in [9.17, 15) is 28.8 Å². The molecular formula is C48H71N13O8S2. The van der Waals surface area contributed by atoms with Crippen LogP contribution in [0.2, 0.25) is 0 Å². The van der Waals surface area contributed by atoms with E-state index in [0.717, 1.165) is 43.1 Å². The minimum atomic E-state index is -0.678. The lowest BCUT2D eigenvalue weighted by atomic mass is 9.87. The zero-order chi connectivity index (χ0) is 50.2. The van der Waals surface area contributed by atoms with Gasteiger partial charge < -0.3 is 60.6 Å². The number of ether oxygens (including phenoxy) is 2. The monoisotopic (exact) mass is 1020 g/mol. The Balaban J connectivity index is 0.734. The second-order valence-electron chi connectivity index (χ2n) is 19.3. The van der Waals surface area contributed by atoms with E-state index in [2.05, 4.69) is 54.1 Å². The molecule has 8 atom stereocenters. The first-order valence-electron chi connectivity index (χ1n) is 24.8. The summed E-state index contributed by atoms with van der Waals surface area (Å²) in [5, 5.41) is 21.6. The van der Waals surface area contributed by atoms with Crippen LogP contribution in [0, 0.1) is 5.92 Å². The topological polar surface area (TPSA) is 225 Å². The van der Waals surface area contributed by atoms with Gasteiger partial charge in [0.25, 0.3) is 0 Å². The van der Waals surface area contributed by atoms with Crippen molar-refractivity contribution in [1.82, 2.24) is 61.3 Å². The zero-order valence-corrected chi connectivity index (χ0v) is 43.1. The number of benzene rings is 2. The highest BCUT2D eigenvalue weighted by atomic mass is 32.2. The van der Waals surface area contributed by atoms with Crippen molar-refractivity contribution < 1.29 is 38.2 Å². The molecule has 6 aliphatic rings. The summed E-state index contributed by atoms with van der Waals surface area (Å²) in [6, 6.07) is 10.9. The lowest BCUT2D eigenvalue weighted by Crippen LogP contribution is -2.67. The molecule has 71 heavy (non-hydrogen) atoms. The molecule has 6 unspecified atom stereocenters. The van der Waals surface area contributed by atoms with Crippen LogP contribution in [0.25, 0.3) is 0 Å². The van der Waals surface area contributed by atoms with Crippen LogP contribution in [0.1, 0.15) is 37.4 Å². The number of thioether (sulfide) groups is 2. The number of urea groups is 2. The van der Waals surface area contributed by atoms with E-state index in [-0.39, 0.29) is 83.1 Å². The molecule has 0 aliphatic carbocycles. The van der Waals surface area contributed by atoms with Gasteiger partial charge in [-0.1, -0.05) is 13.0 Å². The smallest absolute Gasteiger partial charge is 0.321 e. The van der Waals surface area contributed by atoms with E-state index in [1.54, 1.807) is 60.0 Å². The molecule has 2 aromatic carbocycles. The maximum Gasteiger partial charge on any atom is 0.321 e. The number of amides is 8. The van der Waals surface area contributed by atoms with Crippen LogP contribution in [0.3, 0.4) is 0 Å². The summed E-state index contributed by atoms with van der Waals surface area (Å²) in [5.74, 6) is 2.21. The molecule has 6 aliphatic heterocycles. The Kier molecular flexibility index (Phi) is 17.8. The molecule has 0 saturated carbocycles. The number of anilines is 1. The highest BCUT2D eigenvalue weighted by Gasteiger charge is 2.43. The van der Waals surface area contributed by atoms with Crippen LogP contribution in [0.4, 0.5) is 15.3 Å². The third-order valence-corrected chi connectivity index (χ3v) is 16.9. The molecule has 388 valence electrons. The average Bonchev–Trinajstić information content (AvgIpc) is 3.82. The molecule has 5 saturated heterocycles. The fraction of sp³-hybridized carbons (Fsp3) is 0.625. The predicted molar refractivity (Wildman–Crippen MR) is 273 cm³/mol. The van der Waals surface area contributed by atoms with E-state index < -0.39 is 12.1 Å². The van der Waals surface area contributed by atoms with Gasteiger partial charge in [0, 0.05) is 115 Å². The van der Waals surface area contributed by atoms with Crippen LogP contribution in [0.15, 0.2) is 42.5 Å². The minimum absolute atomic E-state index is 0.00105. The fourth-order valence-corrected chi connectivity index (χ4v) is 12.2. The van der Waals surface area contributed by atoms with Gasteiger partial charge in [-0.3, -0.25) is 34.7 Å². The Morgan fingerprint density at radius 3 is 2.34 bits per heavy atom. The SMILES string of the molecule is COc1ccc2c(c1)C[C@@H](C(=O)N1CCN(C3CNC(C(=O)N(C)CCOc4ccc(NC(=O)NC5NC(CC(=O)N6CCN(C)CC6)CS5)cc4)CN3)CC1)N(C(=O)CSC1NC(=O)NCC1C)[C@H]2C. The van der Waals surface area contributed by atoms with E-state index in [0.29, 0.717) is 82.4 Å². The molecular weight excluding hydrogens is 951 g/mol. The van der Waals surface area contributed by atoms with Crippen molar-refractivity contribution in [3.63, 3.8) is 0 Å². The van der Waals surface area contributed by atoms with Crippen molar-refractivity contribution in [2.45, 2.75) is 67.9 Å². The lowest BCUT2D eigenvalue weighted by molar-refractivity contribution is -0.149. The van der Waals surface area contributed by atoms with Crippen molar-refractivity contribution in [2.75, 3.05) is 123 Å². The molecule has 0 aromatic heterocycles. The van der Waals surface area contributed by atoms with Gasteiger partial charge in [-0.25, -0.2) is 9.59 Å². The highest BCUT2D eigenvalue weighted by Crippen LogP contribution is 2.37. The summed E-state index contributed by atoms with van der Waals surface area (Å²) in [6.45, 7) is 11.7. The highest BCUT2D eigenvalue weighted by molar-refractivity contribution is 8.00. The van der Waals surface area contributed by atoms with Gasteiger partial charge in [0.05, 0.1) is 43.0 Å². The fourth-order valence-electron chi connectivity index (χ4n) is 10.0. The number of nitrogens with zero attached hydrogens (tertiary/aromatic N) is 6. The lowest BCUT2D eigenvalue weighted by Gasteiger charge is -2.46. The third-order valence-electron chi connectivity index (χ3n) is 14.4. The summed E-state index contributed by atoms with van der Waals surface area (Å²) in [4.78, 5) is 91.3. The quantitative estimate of drug-likeness (QED) is 0.128. The van der Waals surface area contributed by atoms with E-state index in [1.807, 2.05) is 41.8 Å². The molecule has 8 amide bonds. The number of hydrogen-bond donors (Lipinski definition) is 7. The summed E-state index contributed by atoms with van der Waals surface area (Å²) in [7, 11) is 5.44. The number of rotatable bonds is 15. The first kappa shape index (κ1) is 52.3. The standard InChI is InChI=1S/C48H71N13O8S2/c1-30-25-51-46(66)54-43(30)70-29-42(63)61-31(2)37-11-10-36(68-5)22-32(37)23-39(61)45(65)60-18-16-58(17-19-60)40-27-49-38(26-50-40)44(64)57(4)20-21-69-35-8-6-33(7-9-35)52-47(67)55-48-53-34(28-71-48)24-41(62)59-14-12-56(3)13-15-59/h6-11,22,30-31,34,38-40,43,48-50,53H,12-21,23-29H2,1-5H3,(H2,51,54,66)(H2,52,55,67)/t30?,31-,34?,38?,39-,40?,43?,48?/m0/s1. The molecule has 23 heteroatoms. The second kappa shape index (κ2) is 24.1. The summed E-state index contributed by atoms with van der Waals surface area (Å²) in [5.41, 5.74) is 2.29. The number of piperazine rings is 3. The number of nitrogens with one attached hydrogen (secondary N) is 7. The van der Waals surface area contributed by atoms with Crippen molar-refractivity contribution >= 4 is 64.9 Å². The largest absolute Gasteiger partial charge is 0.497 e. The molecule has 21 nitrogen and oxygen atoms in total. The average molecular weight is 1020 g/mol. The zero-order valence-electron chi connectivity index (χ0n) is 41.4. The Hall–Kier alpha value is -5.04. The number of carbonyl (C=O) groups is 6. The van der Waals surface area contributed by atoms with E-state index in [1.165, 1.54) is 11.8 Å². The Morgan fingerprint density at radius 2 is 1.62 bits per heavy atom. The van der Waals surface area contributed by atoms with Gasteiger partial charge >= 0.3 is 12.1 Å². The maximum atomic E-state index is 14.5. The summed E-state index contributed by atoms with van der Waals surface area (Å²) < 4.78 is 11.5. The van der Waals surface area contributed by atoms with Gasteiger partial charge in [-0.15, -0.1) is 23.5 Å². The number of methoxy groups -OCH3 is 1. The van der Waals surface area contributed by atoms with Crippen LogP contribution >= 0.6 is 23.5 Å². The van der Waals surface area contributed by atoms with E-state index in [4.69, 9.17) is 9.47 Å². The van der Waals surface area contributed by atoms with Crippen LogP contribution in [0.5, 0.6) is 11.5 Å².